The number of ether oxygens (including phenoxy) is 1. The number of nitrogens with one attached hydrogen (secondary N) is 1. The molecule has 0 heterocycles. The van der Waals surface area contributed by atoms with Crippen molar-refractivity contribution in [3.8, 4) is 11.8 Å². The SMILES string of the molecule is CCCCCCOc1ccc(/C=C(\C#N)C(=O)NCc2ccccc2)cc1. The predicted octanol–water partition coefficient (Wildman–Crippen LogP) is 4.87. The van der Waals surface area contributed by atoms with Crippen molar-refractivity contribution in [2.24, 2.45) is 0 Å². The molecule has 0 atom stereocenters. The monoisotopic (exact) mass is 362 g/mol. The molecular weight excluding hydrogens is 336 g/mol. The van der Waals surface area contributed by atoms with Gasteiger partial charge in [-0.1, -0.05) is 68.7 Å². The van der Waals surface area contributed by atoms with Gasteiger partial charge in [0.05, 0.1) is 6.61 Å². The number of nitrogens with zero attached hydrogens (tertiary/aromatic N) is 1. The van der Waals surface area contributed by atoms with Gasteiger partial charge in [-0.25, -0.2) is 0 Å². The number of unbranched alkanes of at least 4 members (excludes halogenated alkanes) is 3. The summed E-state index contributed by atoms with van der Waals surface area (Å²) in [5.41, 5.74) is 1.86. The smallest absolute Gasteiger partial charge is 0.262 e. The standard InChI is InChI=1S/C23H26N2O2/c1-2-3-4-8-15-27-22-13-11-19(12-14-22)16-21(17-24)23(26)25-18-20-9-6-5-7-10-20/h5-7,9-14,16H,2-4,8,15,18H2,1H3,(H,25,26)/b21-16+. The van der Waals surface area contributed by atoms with Crippen LogP contribution >= 0.6 is 0 Å². The van der Waals surface area contributed by atoms with E-state index in [9.17, 15) is 10.1 Å². The molecule has 0 radical (unpaired) electrons. The first kappa shape index (κ1) is 20.3. The zero-order valence-electron chi connectivity index (χ0n) is 15.8. The maximum absolute atomic E-state index is 12.2. The van der Waals surface area contributed by atoms with Gasteiger partial charge in [0.1, 0.15) is 17.4 Å². The second kappa shape index (κ2) is 11.5. The molecule has 0 saturated carbocycles. The molecule has 1 amide bonds. The molecule has 0 fully saturated rings. The van der Waals surface area contributed by atoms with Crippen LogP contribution in [0.1, 0.15) is 43.7 Å². The van der Waals surface area contributed by atoms with E-state index in [1.807, 2.05) is 60.7 Å². The topological polar surface area (TPSA) is 62.1 Å². The Labute approximate surface area is 161 Å². The van der Waals surface area contributed by atoms with Gasteiger partial charge < -0.3 is 10.1 Å². The van der Waals surface area contributed by atoms with Gasteiger partial charge in [-0.15, -0.1) is 0 Å². The fourth-order valence-electron chi connectivity index (χ4n) is 2.57. The fourth-order valence-corrected chi connectivity index (χ4v) is 2.57. The van der Waals surface area contributed by atoms with E-state index in [0.717, 1.165) is 23.3 Å². The van der Waals surface area contributed by atoms with Gasteiger partial charge >= 0.3 is 0 Å². The van der Waals surface area contributed by atoms with E-state index in [1.54, 1.807) is 6.08 Å². The third kappa shape index (κ3) is 7.37. The van der Waals surface area contributed by atoms with E-state index >= 15 is 0 Å². The number of nitriles is 1. The van der Waals surface area contributed by atoms with Crippen molar-refractivity contribution in [1.82, 2.24) is 5.32 Å². The van der Waals surface area contributed by atoms with Crippen LogP contribution in [0.25, 0.3) is 6.08 Å². The lowest BCUT2D eigenvalue weighted by Crippen LogP contribution is -2.23. The zero-order valence-corrected chi connectivity index (χ0v) is 15.8. The van der Waals surface area contributed by atoms with Crippen LogP contribution in [0.15, 0.2) is 60.2 Å². The lowest BCUT2D eigenvalue weighted by molar-refractivity contribution is -0.117. The number of carbonyl (C=O) groups is 1. The molecule has 0 aromatic heterocycles. The molecule has 27 heavy (non-hydrogen) atoms. The highest BCUT2D eigenvalue weighted by Gasteiger charge is 2.08. The highest BCUT2D eigenvalue weighted by Crippen LogP contribution is 2.15. The van der Waals surface area contributed by atoms with Crippen molar-refractivity contribution in [3.63, 3.8) is 0 Å². The average Bonchev–Trinajstić information content (AvgIpc) is 2.72. The van der Waals surface area contributed by atoms with Gasteiger partial charge in [-0.05, 0) is 35.8 Å². The number of amides is 1. The third-order valence-electron chi connectivity index (χ3n) is 4.12. The Bertz CT molecular complexity index is 774. The molecule has 4 nitrogen and oxygen atoms in total. The Morgan fingerprint density at radius 3 is 2.48 bits per heavy atom. The van der Waals surface area contributed by atoms with E-state index in [4.69, 9.17) is 4.74 Å². The third-order valence-corrected chi connectivity index (χ3v) is 4.12. The van der Waals surface area contributed by atoms with Crippen LogP contribution in [0.5, 0.6) is 5.75 Å². The number of hydrogen-bond donors (Lipinski definition) is 1. The van der Waals surface area contributed by atoms with Gasteiger partial charge in [0.15, 0.2) is 0 Å². The second-order valence-electron chi connectivity index (χ2n) is 6.32. The Balaban J connectivity index is 1.88. The van der Waals surface area contributed by atoms with Crippen LogP contribution < -0.4 is 10.1 Å². The first-order valence-electron chi connectivity index (χ1n) is 9.39. The van der Waals surface area contributed by atoms with Crippen molar-refractivity contribution in [1.29, 1.82) is 5.26 Å². The van der Waals surface area contributed by atoms with Crippen LogP contribution in [0.3, 0.4) is 0 Å². The zero-order chi connectivity index (χ0) is 19.3. The lowest BCUT2D eigenvalue weighted by Gasteiger charge is -2.07. The van der Waals surface area contributed by atoms with E-state index in [0.29, 0.717) is 13.2 Å². The molecule has 140 valence electrons. The largest absolute Gasteiger partial charge is 0.494 e. The van der Waals surface area contributed by atoms with Crippen LogP contribution in [-0.2, 0) is 11.3 Å². The van der Waals surface area contributed by atoms with Crippen molar-refractivity contribution in [2.75, 3.05) is 6.61 Å². The molecule has 0 saturated heterocycles. The first-order valence-corrected chi connectivity index (χ1v) is 9.39. The molecular formula is C23H26N2O2. The molecule has 0 aliphatic carbocycles. The van der Waals surface area contributed by atoms with Crippen molar-refractivity contribution in [3.05, 3.63) is 71.3 Å². The van der Waals surface area contributed by atoms with E-state index < -0.39 is 0 Å². The Morgan fingerprint density at radius 1 is 1.07 bits per heavy atom. The van der Waals surface area contributed by atoms with Crippen LogP contribution in [-0.4, -0.2) is 12.5 Å². The highest BCUT2D eigenvalue weighted by atomic mass is 16.5. The van der Waals surface area contributed by atoms with Gasteiger partial charge in [-0.3, -0.25) is 4.79 Å². The number of benzene rings is 2. The van der Waals surface area contributed by atoms with Gasteiger partial charge in [0.25, 0.3) is 5.91 Å². The summed E-state index contributed by atoms with van der Waals surface area (Å²) >= 11 is 0. The van der Waals surface area contributed by atoms with E-state index in [1.165, 1.54) is 19.3 Å². The molecule has 2 rings (SSSR count). The summed E-state index contributed by atoms with van der Waals surface area (Å²) in [6.45, 7) is 3.29. The van der Waals surface area contributed by atoms with Crippen LogP contribution in [0.2, 0.25) is 0 Å². The Hall–Kier alpha value is -3.06. The average molecular weight is 362 g/mol. The summed E-state index contributed by atoms with van der Waals surface area (Å²) in [6.07, 6.45) is 6.26. The minimum absolute atomic E-state index is 0.0826. The van der Waals surface area contributed by atoms with Gasteiger partial charge in [0, 0.05) is 6.54 Å². The summed E-state index contributed by atoms with van der Waals surface area (Å²) in [4.78, 5) is 12.2. The van der Waals surface area contributed by atoms with Gasteiger partial charge in [-0.2, -0.15) is 5.26 Å². The highest BCUT2D eigenvalue weighted by molar-refractivity contribution is 6.01. The van der Waals surface area contributed by atoms with E-state index in [-0.39, 0.29) is 11.5 Å². The van der Waals surface area contributed by atoms with Crippen molar-refractivity contribution in [2.45, 2.75) is 39.2 Å². The van der Waals surface area contributed by atoms with Crippen LogP contribution in [0, 0.1) is 11.3 Å². The summed E-state index contributed by atoms with van der Waals surface area (Å²) in [5, 5.41) is 12.1. The first-order chi connectivity index (χ1) is 13.2. The quantitative estimate of drug-likeness (QED) is 0.373. The Kier molecular flexibility index (Phi) is 8.65. The summed E-state index contributed by atoms with van der Waals surface area (Å²) < 4.78 is 5.71. The summed E-state index contributed by atoms with van der Waals surface area (Å²) in [5.74, 6) is 0.424. The molecule has 4 heteroatoms. The second-order valence-corrected chi connectivity index (χ2v) is 6.32. The molecule has 2 aromatic rings. The molecule has 1 N–H and O–H groups in total. The number of rotatable bonds is 10. The van der Waals surface area contributed by atoms with E-state index in [2.05, 4.69) is 12.2 Å². The van der Waals surface area contributed by atoms with Gasteiger partial charge in [0.2, 0.25) is 0 Å². The summed E-state index contributed by atoms with van der Waals surface area (Å²) in [6, 6.07) is 19.0. The maximum atomic E-state index is 12.2. The molecule has 0 bridgehead atoms. The molecule has 2 aromatic carbocycles. The molecule has 0 spiro atoms. The molecule has 0 unspecified atom stereocenters. The molecule has 0 aliphatic rings. The lowest BCUT2D eigenvalue weighted by atomic mass is 10.1. The minimum atomic E-state index is -0.377. The fraction of sp³-hybridized carbons (Fsp3) is 0.304. The van der Waals surface area contributed by atoms with Crippen molar-refractivity contribution < 1.29 is 9.53 Å². The normalized spacial score (nSPS) is 10.9. The number of carbonyl (C=O) groups excluding carboxylic acids is 1. The maximum Gasteiger partial charge on any atom is 0.262 e. The number of hydrogen-bond acceptors (Lipinski definition) is 3. The summed E-state index contributed by atoms with van der Waals surface area (Å²) in [7, 11) is 0. The van der Waals surface area contributed by atoms with Crippen LogP contribution in [0.4, 0.5) is 0 Å². The Morgan fingerprint density at radius 2 is 1.81 bits per heavy atom. The minimum Gasteiger partial charge on any atom is -0.494 e. The van der Waals surface area contributed by atoms with Crippen molar-refractivity contribution >= 4 is 12.0 Å². The molecule has 0 aliphatic heterocycles. The predicted molar refractivity (Wildman–Crippen MR) is 108 cm³/mol.